The van der Waals surface area contributed by atoms with Crippen LogP contribution in [0, 0.1) is 0 Å². The van der Waals surface area contributed by atoms with Gasteiger partial charge >= 0.3 is 0 Å². The molecule has 0 heterocycles. The predicted octanol–water partition coefficient (Wildman–Crippen LogP) is 1.81. The molecule has 94 valence electrons. The lowest BCUT2D eigenvalue weighted by Crippen LogP contribution is -2.40. The molecule has 1 amide bonds. The van der Waals surface area contributed by atoms with Gasteiger partial charge in [0.2, 0.25) is 0 Å². The molecule has 1 aromatic rings. The van der Waals surface area contributed by atoms with E-state index in [1.165, 1.54) is 0 Å². The molecule has 0 radical (unpaired) electrons. The smallest absolute Gasteiger partial charge is 0.253 e. The van der Waals surface area contributed by atoms with Crippen LogP contribution < -0.4 is 11.1 Å². The maximum absolute atomic E-state index is 11.8. The highest BCUT2D eigenvalue weighted by Crippen LogP contribution is 2.22. The fourth-order valence-corrected chi connectivity index (χ4v) is 1.40. The van der Waals surface area contributed by atoms with Gasteiger partial charge in [-0.2, -0.15) is 0 Å². The molecule has 0 saturated heterocycles. The van der Waals surface area contributed by atoms with E-state index in [1.54, 1.807) is 25.1 Å². The van der Waals surface area contributed by atoms with Crippen molar-refractivity contribution in [3.63, 3.8) is 0 Å². The molecule has 0 aliphatic carbocycles. The largest absolute Gasteiger partial charge is 0.397 e. The van der Waals surface area contributed by atoms with Crippen LogP contribution in [0.5, 0.6) is 0 Å². The van der Waals surface area contributed by atoms with Gasteiger partial charge in [0.25, 0.3) is 5.91 Å². The summed E-state index contributed by atoms with van der Waals surface area (Å²) in [4.78, 5) is 11.8. The van der Waals surface area contributed by atoms with Gasteiger partial charge in [-0.3, -0.25) is 4.79 Å². The molecular weight excluding hydrogens is 240 g/mol. The highest BCUT2D eigenvalue weighted by molar-refractivity contribution is 6.33. The Morgan fingerprint density at radius 1 is 1.59 bits per heavy atom. The van der Waals surface area contributed by atoms with Gasteiger partial charge in [-0.1, -0.05) is 24.6 Å². The Hall–Kier alpha value is -1.26. The Kier molecular flexibility index (Phi) is 4.37. The highest BCUT2D eigenvalue weighted by Gasteiger charge is 2.19. The van der Waals surface area contributed by atoms with Crippen LogP contribution in [0.2, 0.25) is 5.02 Å². The molecule has 1 atom stereocenters. The first kappa shape index (κ1) is 13.8. The van der Waals surface area contributed by atoms with Crippen molar-refractivity contribution in [2.24, 2.45) is 0 Å². The van der Waals surface area contributed by atoms with E-state index in [0.29, 0.717) is 17.0 Å². The number of carbonyl (C=O) groups is 1. The first-order valence-electron chi connectivity index (χ1n) is 5.42. The number of para-hydroxylation sites is 1. The minimum Gasteiger partial charge on any atom is -0.397 e. The van der Waals surface area contributed by atoms with Crippen LogP contribution in [0.3, 0.4) is 0 Å². The zero-order chi connectivity index (χ0) is 13.1. The topological polar surface area (TPSA) is 75.3 Å². The zero-order valence-corrected chi connectivity index (χ0v) is 10.7. The molecule has 1 unspecified atom stereocenters. The molecule has 0 aliphatic rings. The lowest BCUT2D eigenvalue weighted by molar-refractivity contribution is 0.0518. The Morgan fingerprint density at radius 2 is 2.24 bits per heavy atom. The van der Waals surface area contributed by atoms with Crippen LogP contribution in [-0.4, -0.2) is 23.2 Å². The van der Waals surface area contributed by atoms with Crippen LogP contribution in [0.1, 0.15) is 30.6 Å². The van der Waals surface area contributed by atoms with Gasteiger partial charge in [0.05, 0.1) is 21.9 Å². The van der Waals surface area contributed by atoms with Gasteiger partial charge in [0.15, 0.2) is 0 Å². The maximum Gasteiger partial charge on any atom is 0.253 e. The fourth-order valence-electron chi connectivity index (χ4n) is 1.23. The van der Waals surface area contributed by atoms with Crippen LogP contribution in [0.4, 0.5) is 5.69 Å². The van der Waals surface area contributed by atoms with Crippen molar-refractivity contribution in [3.05, 3.63) is 28.8 Å². The first-order chi connectivity index (χ1) is 7.87. The second kappa shape index (κ2) is 5.38. The second-order valence-corrected chi connectivity index (χ2v) is 4.64. The minimum absolute atomic E-state index is 0.175. The number of anilines is 1. The van der Waals surface area contributed by atoms with E-state index in [4.69, 9.17) is 17.3 Å². The standard InChI is InChI=1S/C12H17ClN2O2/c1-3-12(2,17)7-15-11(16)8-5-4-6-9(13)10(8)14/h4-6,17H,3,7,14H2,1-2H3,(H,15,16). The molecule has 0 saturated carbocycles. The van der Waals surface area contributed by atoms with Crippen LogP contribution in [-0.2, 0) is 0 Å². The summed E-state index contributed by atoms with van der Waals surface area (Å²) < 4.78 is 0. The number of hydrogen-bond acceptors (Lipinski definition) is 3. The normalized spacial score (nSPS) is 14.1. The molecule has 1 rings (SSSR count). The number of carbonyl (C=O) groups excluding carboxylic acids is 1. The molecule has 17 heavy (non-hydrogen) atoms. The van der Waals surface area contributed by atoms with Crippen molar-refractivity contribution in [1.82, 2.24) is 5.32 Å². The van der Waals surface area contributed by atoms with Gasteiger partial charge in [-0.15, -0.1) is 0 Å². The summed E-state index contributed by atoms with van der Waals surface area (Å²) in [5.74, 6) is -0.335. The van der Waals surface area contributed by atoms with Crippen LogP contribution in [0.25, 0.3) is 0 Å². The van der Waals surface area contributed by atoms with E-state index < -0.39 is 5.60 Å². The number of halogens is 1. The van der Waals surface area contributed by atoms with Gasteiger partial charge in [-0.05, 0) is 25.5 Å². The number of amides is 1. The predicted molar refractivity (Wildman–Crippen MR) is 69.1 cm³/mol. The molecular formula is C12H17ClN2O2. The average Bonchev–Trinajstić information content (AvgIpc) is 2.30. The second-order valence-electron chi connectivity index (χ2n) is 4.23. The van der Waals surface area contributed by atoms with Gasteiger partial charge in [0.1, 0.15) is 0 Å². The molecule has 0 spiro atoms. The number of nitrogens with two attached hydrogens (primary N) is 1. The summed E-state index contributed by atoms with van der Waals surface area (Å²) >= 11 is 5.82. The van der Waals surface area contributed by atoms with Gasteiger partial charge < -0.3 is 16.2 Å². The molecule has 0 bridgehead atoms. The molecule has 4 N–H and O–H groups in total. The van der Waals surface area contributed by atoms with Crippen molar-refractivity contribution in [2.75, 3.05) is 12.3 Å². The van der Waals surface area contributed by atoms with Gasteiger partial charge in [0, 0.05) is 6.54 Å². The maximum atomic E-state index is 11.8. The summed E-state index contributed by atoms with van der Waals surface area (Å²) in [5.41, 5.74) is 5.36. The van der Waals surface area contributed by atoms with Crippen molar-refractivity contribution in [3.8, 4) is 0 Å². The summed E-state index contributed by atoms with van der Waals surface area (Å²) in [6.45, 7) is 3.68. The zero-order valence-electron chi connectivity index (χ0n) is 9.96. The molecule has 0 aliphatic heterocycles. The Morgan fingerprint density at radius 3 is 2.82 bits per heavy atom. The molecule has 0 fully saturated rings. The number of hydrogen-bond donors (Lipinski definition) is 3. The number of benzene rings is 1. The summed E-state index contributed by atoms with van der Waals surface area (Å²) in [7, 11) is 0. The summed E-state index contributed by atoms with van der Waals surface area (Å²) in [5, 5.41) is 12.7. The quantitative estimate of drug-likeness (QED) is 0.720. The van der Waals surface area contributed by atoms with E-state index in [1.807, 2.05) is 6.92 Å². The van der Waals surface area contributed by atoms with E-state index in [2.05, 4.69) is 5.32 Å². The Labute approximate surface area is 106 Å². The number of nitrogen functional groups attached to an aromatic ring is 1. The van der Waals surface area contributed by atoms with Crippen LogP contribution in [0.15, 0.2) is 18.2 Å². The number of rotatable bonds is 4. The summed E-state index contributed by atoms with van der Waals surface area (Å²) in [6.07, 6.45) is 0.554. The monoisotopic (exact) mass is 256 g/mol. The van der Waals surface area contributed by atoms with Crippen molar-refractivity contribution >= 4 is 23.2 Å². The molecule has 0 aromatic heterocycles. The third kappa shape index (κ3) is 3.61. The minimum atomic E-state index is -0.914. The lowest BCUT2D eigenvalue weighted by atomic mass is 10.0. The molecule has 5 heteroatoms. The fraction of sp³-hybridized carbons (Fsp3) is 0.417. The lowest BCUT2D eigenvalue weighted by Gasteiger charge is -2.21. The Bertz CT molecular complexity index is 419. The average molecular weight is 257 g/mol. The van der Waals surface area contributed by atoms with Crippen molar-refractivity contribution < 1.29 is 9.90 Å². The van der Waals surface area contributed by atoms with Crippen molar-refractivity contribution in [1.29, 1.82) is 0 Å². The third-order valence-corrected chi connectivity index (χ3v) is 3.02. The summed E-state index contributed by atoms with van der Waals surface area (Å²) in [6, 6.07) is 4.87. The molecule has 4 nitrogen and oxygen atoms in total. The van der Waals surface area contributed by atoms with Crippen molar-refractivity contribution in [2.45, 2.75) is 25.9 Å². The van der Waals surface area contributed by atoms with E-state index in [-0.39, 0.29) is 18.1 Å². The Balaban J connectivity index is 2.74. The molecule has 1 aromatic carbocycles. The van der Waals surface area contributed by atoms with Gasteiger partial charge in [-0.25, -0.2) is 0 Å². The first-order valence-corrected chi connectivity index (χ1v) is 5.80. The highest BCUT2D eigenvalue weighted by atomic mass is 35.5. The van der Waals surface area contributed by atoms with E-state index >= 15 is 0 Å². The van der Waals surface area contributed by atoms with Crippen LogP contribution >= 0.6 is 11.6 Å². The third-order valence-electron chi connectivity index (χ3n) is 2.69. The van der Waals surface area contributed by atoms with E-state index in [0.717, 1.165) is 0 Å². The van der Waals surface area contributed by atoms with E-state index in [9.17, 15) is 9.90 Å². The number of nitrogens with one attached hydrogen (secondary N) is 1. The SMILES string of the molecule is CCC(C)(O)CNC(=O)c1cccc(Cl)c1N. The number of aliphatic hydroxyl groups is 1.